The molecule has 0 atom stereocenters. The minimum Gasteiger partial charge on any atom is -0.317 e. The number of rotatable bonds is 1. The van der Waals surface area contributed by atoms with Gasteiger partial charge in [0.2, 0.25) is 0 Å². The molecule has 0 fully saturated rings. The molecule has 0 aliphatic carbocycles. The van der Waals surface area contributed by atoms with Crippen molar-refractivity contribution < 1.29 is 0 Å². The molecule has 19 heavy (non-hydrogen) atoms. The Bertz CT molecular complexity index is 792. The average molecular weight is 315 g/mol. The molecule has 3 aromatic rings. The van der Waals surface area contributed by atoms with Gasteiger partial charge in [-0.1, -0.05) is 24.3 Å². The summed E-state index contributed by atoms with van der Waals surface area (Å²) in [5, 5.41) is 2.22. The average Bonchev–Trinajstić information content (AvgIpc) is 2.43. The quantitative estimate of drug-likeness (QED) is 0.690. The normalized spacial score (nSPS) is 10.8. The number of aromatic nitrogens is 2. The predicted octanol–water partition coefficient (Wildman–Crippen LogP) is 3.36. The Morgan fingerprint density at radius 1 is 1.21 bits per heavy atom. The van der Waals surface area contributed by atoms with Crippen LogP contribution in [0.2, 0.25) is 0 Å². The molecule has 0 bridgehead atoms. The highest BCUT2D eigenvalue weighted by molar-refractivity contribution is 9.10. The third-order valence-corrected chi connectivity index (χ3v) is 3.65. The molecule has 0 aliphatic heterocycles. The maximum Gasteiger partial charge on any atom is 0.264 e. The van der Waals surface area contributed by atoms with Crippen LogP contribution in [0.3, 0.4) is 0 Å². The highest BCUT2D eigenvalue weighted by atomic mass is 79.9. The molecule has 94 valence electrons. The Kier molecular flexibility index (Phi) is 2.95. The zero-order valence-corrected chi connectivity index (χ0v) is 11.9. The Morgan fingerprint density at radius 3 is 2.79 bits per heavy atom. The molecule has 4 heteroatoms. The van der Waals surface area contributed by atoms with Crippen molar-refractivity contribution in [3.63, 3.8) is 0 Å². The Hall–Kier alpha value is -1.94. The van der Waals surface area contributed by atoms with Crippen molar-refractivity contribution in [1.29, 1.82) is 0 Å². The molecule has 0 saturated heterocycles. The molecule has 1 aromatic carbocycles. The van der Waals surface area contributed by atoms with Gasteiger partial charge in [0.25, 0.3) is 5.56 Å². The highest BCUT2D eigenvalue weighted by Crippen LogP contribution is 2.26. The van der Waals surface area contributed by atoms with Crippen molar-refractivity contribution in [1.82, 2.24) is 9.55 Å². The van der Waals surface area contributed by atoms with Gasteiger partial charge in [0.15, 0.2) is 0 Å². The number of fused-ring (bicyclic) bond motifs is 1. The Balaban J connectivity index is 2.34. The van der Waals surface area contributed by atoms with E-state index in [2.05, 4.69) is 27.0 Å². The minimum atomic E-state index is -0.0519. The first kappa shape index (κ1) is 12.1. The monoisotopic (exact) mass is 314 g/mol. The summed E-state index contributed by atoms with van der Waals surface area (Å²) in [5.74, 6) is 0. The topological polar surface area (TPSA) is 34.9 Å². The lowest BCUT2D eigenvalue weighted by Gasteiger charge is -2.08. The number of nitrogens with zero attached hydrogens (tertiary/aromatic N) is 2. The van der Waals surface area contributed by atoms with Crippen molar-refractivity contribution in [3.05, 3.63) is 63.6 Å². The summed E-state index contributed by atoms with van der Waals surface area (Å²) in [6.45, 7) is 0. The lowest BCUT2D eigenvalue weighted by Crippen LogP contribution is -2.16. The number of hydrogen-bond acceptors (Lipinski definition) is 2. The smallest absolute Gasteiger partial charge is 0.264 e. The fraction of sp³-hybridized carbons (Fsp3) is 0.0667. The molecule has 0 saturated carbocycles. The number of aryl methyl sites for hydroxylation is 1. The molecule has 0 spiro atoms. The van der Waals surface area contributed by atoms with Crippen LogP contribution in [0.4, 0.5) is 0 Å². The SMILES string of the molecule is Cn1cc(-c2nccc3ccccc23)cc(Br)c1=O. The summed E-state index contributed by atoms with van der Waals surface area (Å²) in [6, 6.07) is 11.9. The summed E-state index contributed by atoms with van der Waals surface area (Å²) in [5.41, 5.74) is 1.75. The summed E-state index contributed by atoms with van der Waals surface area (Å²) in [4.78, 5) is 16.2. The van der Waals surface area contributed by atoms with Gasteiger partial charge in [-0.3, -0.25) is 9.78 Å². The van der Waals surface area contributed by atoms with E-state index in [0.29, 0.717) is 4.47 Å². The second-order valence-corrected chi connectivity index (χ2v) is 5.23. The molecule has 0 amide bonds. The first-order valence-electron chi connectivity index (χ1n) is 5.87. The Labute approximate surface area is 118 Å². The van der Waals surface area contributed by atoms with Gasteiger partial charge in [-0.15, -0.1) is 0 Å². The van der Waals surface area contributed by atoms with E-state index in [-0.39, 0.29) is 5.56 Å². The van der Waals surface area contributed by atoms with Gasteiger partial charge < -0.3 is 4.57 Å². The van der Waals surface area contributed by atoms with Crippen LogP contribution in [0.5, 0.6) is 0 Å². The van der Waals surface area contributed by atoms with Crippen LogP contribution in [-0.4, -0.2) is 9.55 Å². The van der Waals surface area contributed by atoms with Crippen LogP contribution in [0.15, 0.2) is 58.1 Å². The molecule has 0 N–H and O–H groups in total. The third-order valence-electron chi connectivity index (χ3n) is 3.09. The van der Waals surface area contributed by atoms with Crippen LogP contribution in [0.1, 0.15) is 0 Å². The van der Waals surface area contributed by atoms with Crippen molar-refractivity contribution in [2.24, 2.45) is 7.05 Å². The van der Waals surface area contributed by atoms with E-state index in [1.54, 1.807) is 17.8 Å². The second-order valence-electron chi connectivity index (χ2n) is 4.37. The van der Waals surface area contributed by atoms with Gasteiger partial charge in [-0.05, 0) is 33.4 Å². The second kappa shape index (κ2) is 4.63. The number of halogens is 1. The molecule has 3 nitrogen and oxygen atoms in total. The van der Waals surface area contributed by atoms with E-state index >= 15 is 0 Å². The molecule has 2 aromatic heterocycles. The van der Waals surface area contributed by atoms with E-state index in [1.807, 2.05) is 36.5 Å². The molecule has 0 unspecified atom stereocenters. The molecular weight excluding hydrogens is 304 g/mol. The first-order valence-corrected chi connectivity index (χ1v) is 6.66. The van der Waals surface area contributed by atoms with Gasteiger partial charge >= 0.3 is 0 Å². The zero-order chi connectivity index (χ0) is 13.4. The van der Waals surface area contributed by atoms with Crippen LogP contribution in [0, 0.1) is 0 Å². The van der Waals surface area contributed by atoms with Crippen LogP contribution in [-0.2, 0) is 7.05 Å². The lowest BCUT2D eigenvalue weighted by molar-refractivity contribution is 0.855. The summed E-state index contributed by atoms with van der Waals surface area (Å²) < 4.78 is 2.10. The van der Waals surface area contributed by atoms with Gasteiger partial charge in [0.05, 0.1) is 10.2 Å². The largest absolute Gasteiger partial charge is 0.317 e. The van der Waals surface area contributed by atoms with E-state index in [0.717, 1.165) is 22.0 Å². The zero-order valence-electron chi connectivity index (χ0n) is 10.3. The van der Waals surface area contributed by atoms with Crippen LogP contribution in [0.25, 0.3) is 22.0 Å². The van der Waals surface area contributed by atoms with Crippen LogP contribution < -0.4 is 5.56 Å². The van der Waals surface area contributed by atoms with Gasteiger partial charge in [0, 0.05) is 30.4 Å². The maximum absolute atomic E-state index is 11.7. The van der Waals surface area contributed by atoms with Crippen molar-refractivity contribution in [2.75, 3.05) is 0 Å². The van der Waals surface area contributed by atoms with E-state index < -0.39 is 0 Å². The van der Waals surface area contributed by atoms with Gasteiger partial charge in [-0.2, -0.15) is 0 Å². The van der Waals surface area contributed by atoms with Crippen molar-refractivity contribution >= 4 is 26.7 Å². The van der Waals surface area contributed by atoms with Crippen LogP contribution >= 0.6 is 15.9 Å². The summed E-state index contributed by atoms with van der Waals surface area (Å²) in [7, 11) is 1.74. The molecule has 0 radical (unpaired) electrons. The standard InChI is InChI=1S/C15H11BrN2O/c1-18-9-11(8-13(16)15(18)19)14-12-5-3-2-4-10(12)6-7-17-14/h2-9H,1H3. The summed E-state index contributed by atoms with van der Waals surface area (Å²) >= 11 is 3.30. The third kappa shape index (κ3) is 2.08. The summed E-state index contributed by atoms with van der Waals surface area (Å²) in [6.07, 6.45) is 3.60. The highest BCUT2D eigenvalue weighted by Gasteiger charge is 2.08. The van der Waals surface area contributed by atoms with Gasteiger partial charge in [0.1, 0.15) is 0 Å². The van der Waals surface area contributed by atoms with E-state index in [1.165, 1.54) is 0 Å². The maximum atomic E-state index is 11.7. The molecule has 2 heterocycles. The molecule has 0 aliphatic rings. The van der Waals surface area contributed by atoms with E-state index in [9.17, 15) is 4.79 Å². The molecular formula is C15H11BrN2O. The minimum absolute atomic E-state index is 0.0519. The van der Waals surface area contributed by atoms with Gasteiger partial charge in [-0.25, -0.2) is 0 Å². The fourth-order valence-corrected chi connectivity index (χ4v) is 2.68. The van der Waals surface area contributed by atoms with E-state index in [4.69, 9.17) is 0 Å². The predicted molar refractivity (Wildman–Crippen MR) is 80.1 cm³/mol. The number of benzene rings is 1. The fourth-order valence-electron chi connectivity index (χ4n) is 2.15. The van der Waals surface area contributed by atoms with Crippen molar-refractivity contribution in [2.45, 2.75) is 0 Å². The molecule has 3 rings (SSSR count). The lowest BCUT2D eigenvalue weighted by atomic mass is 10.1. The van der Waals surface area contributed by atoms with Crippen molar-refractivity contribution in [3.8, 4) is 11.3 Å². The first-order chi connectivity index (χ1) is 9.16. The number of hydrogen-bond donors (Lipinski definition) is 0. The number of pyridine rings is 2. The Morgan fingerprint density at radius 2 is 2.00 bits per heavy atom.